The molecule has 5 aliphatic rings. The fourth-order valence-electron chi connectivity index (χ4n) is 7.77. The average Bonchev–Trinajstić information content (AvgIpc) is 2.61. The predicted molar refractivity (Wildman–Crippen MR) is 112 cm³/mol. The van der Waals surface area contributed by atoms with Crippen molar-refractivity contribution in [3.05, 3.63) is 0 Å². The zero-order chi connectivity index (χ0) is 20.8. The molecule has 0 aromatic carbocycles. The molecule has 5 fully saturated rings. The van der Waals surface area contributed by atoms with Gasteiger partial charge in [-0.1, -0.05) is 32.1 Å². The lowest BCUT2D eigenvalue weighted by Crippen LogP contribution is -2.62. The van der Waals surface area contributed by atoms with Crippen molar-refractivity contribution in [2.24, 2.45) is 35.5 Å². The molecule has 0 amide bonds. The van der Waals surface area contributed by atoms with Crippen LogP contribution in [0.4, 0.5) is 0 Å². The number of hydrogen-bond acceptors (Lipinski definition) is 4. The lowest BCUT2D eigenvalue weighted by atomic mass is 9.46. The monoisotopic (exact) mass is 404 g/mol. The number of ether oxygens (including phenoxy) is 2. The fourth-order valence-corrected chi connectivity index (χ4v) is 7.77. The SMILES string of the molecule is CC(=O)OC1(C)C2CC3CC(C2)C(CC(=O)OC(C)(C)CC2CCCCC2)C1C3. The van der Waals surface area contributed by atoms with E-state index in [4.69, 9.17) is 9.47 Å². The van der Waals surface area contributed by atoms with Crippen molar-refractivity contribution in [3.63, 3.8) is 0 Å². The van der Waals surface area contributed by atoms with Crippen molar-refractivity contribution in [2.45, 2.75) is 110 Å². The highest BCUT2D eigenvalue weighted by molar-refractivity contribution is 5.70. The Morgan fingerprint density at radius 3 is 2.45 bits per heavy atom. The van der Waals surface area contributed by atoms with Crippen LogP contribution in [-0.2, 0) is 19.1 Å². The van der Waals surface area contributed by atoms with Gasteiger partial charge in [-0.25, -0.2) is 0 Å². The van der Waals surface area contributed by atoms with E-state index < -0.39 is 5.60 Å². The van der Waals surface area contributed by atoms with Gasteiger partial charge in [0.1, 0.15) is 11.2 Å². The standard InChI is InChI=1S/C25H40O4/c1-16(26)28-25(4)20-11-18-10-19(13-20)21(22(25)12-18)14-23(27)29-24(2,3)15-17-8-6-5-7-9-17/h17-22H,5-15H2,1-4H3. The maximum absolute atomic E-state index is 13.0. The van der Waals surface area contributed by atoms with E-state index in [1.807, 2.05) is 0 Å². The first-order valence-corrected chi connectivity index (χ1v) is 12.1. The van der Waals surface area contributed by atoms with Crippen LogP contribution in [0.1, 0.15) is 98.3 Å². The van der Waals surface area contributed by atoms with E-state index >= 15 is 0 Å². The Bertz CT molecular complexity index is 635. The van der Waals surface area contributed by atoms with Gasteiger partial charge in [0.15, 0.2) is 0 Å². The summed E-state index contributed by atoms with van der Waals surface area (Å²) in [7, 11) is 0. The highest BCUT2D eigenvalue weighted by Crippen LogP contribution is 2.62. The molecular formula is C25H40O4. The molecule has 0 N–H and O–H groups in total. The topological polar surface area (TPSA) is 52.6 Å². The van der Waals surface area contributed by atoms with Gasteiger partial charge in [-0.15, -0.1) is 0 Å². The van der Waals surface area contributed by atoms with Crippen LogP contribution >= 0.6 is 0 Å². The van der Waals surface area contributed by atoms with Crippen molar-refractivity contribution in [2.75, 3.05) is 0 Å². The molecule has 0 aromatic rings. The molecule has 6 atom stereocenters. The molecule has 5 saturated carbocycles. The minimum Gasteiger partial charge on any atom is -0.460 e. The molecule has 4 bridgehead atoms. The largest absolute Gasteiger partial charge is 0.460 e. The minimum absolute atomic E-state index is 0.0477. The Hall–Kier alpha value is -1.06. The van der Waals surface area contributed by atoms with Crippen molar-refractivity contribution in [1.82, 2.24) is 0 Å². The molecule has 5 rings (SSSR count). The highest BCUT2D eigenvalue weighted by atomic mass is 16.6. The summed E-state index contributed by atoms with van der Waals surface area (Å²) in [5, 5.41) is 0. The third-order valence-electron chi connectivity index (χ3n) is 8.76. The molecule has 4 nitrogen and oxygen atoms in total. The second kappa shape index (κ2) is 7.89. The smallest absolute Gasteiger partial charge is 0.306 e. The second-order valence-corrected chi connectivity index (χ2v) is 11.5. The predicted octanol–water partition coefficient (Wildman–Crippen LogP) is 5.67. The molecule has 4 heteroatoms. The summed E-state index contributed by atoms with van der Waals surface area (Å²) >= 11 is 0. The molecule has 0 radical (unpaired) electrons. The summed E-state index contributed by atoms with van der Waals surface area (Å²) in [5.41, 5.74) is -0.786. The normalized spacial score (nSPS) is 39.4. The Balaban J connectivity index is 1.40. The maximum atomic E-state index is 13.0. The van der Waals surface area contributed by atoms with Crippen molar-refractivity contribution >= 4 is 11.9 Å². The number of carbonyl (C=O) groups is 2. The van der Waals surface area contributed by atoms with Crippen LogP contribution < -0.4 is 0 Å². The number of rotatable bonds is 6. The van der Waals surface area contributed by atoms with E-state index in [9.17, 15) is 9.59 Å². The lowest BCUT2D eigenvalue weighted by Gasteiger charge is -2.62. The molecular weight excluding hydrogens is 364 g/mol. The van der Waals surface area contributed by atoms with Crippen LogP contribution in [0.2, 0.25) is 0 Å². The molecule has 0 heterocycles. The van der Waals surface area contributed by atoms with Gasteiger partial charge >= 0.3 is 11.9 Å². The van der Waals surface area contributed by atoms with E-state index in [0.717, 1.165) is 25.2 Å². The first-order chi connectivity index (χ1) is 13.7. The summed E-state index contributed by atoms with van der Waals surface area (Å²) < 4.78 is 12.0. The first-order valence-electron chi connectivity index (χ1n) is 12.1. The van der Waals surface area contributed by atoms with Gasteiger partial charge in [0.25, 0.3) is 0 Å². The van der Waals surface area contributed by atoms with E-state index in [-0.39, 0.29) is 17.5 Å². The van der Waals surface area contributed by atoms with Crippen LogP contribution in [0, 0.1) is 35.5 Å². The van der Waals surface area contributed by atoms with Crippen LogP contribution in [0.15, 0.2) is 0 Å². The Morgan fingerprint density at radius 2 is 1.76 bits per heavy atom. The Kier molecular flexibility index (Phi) is 5.76. The zero-order valence-corrected chi connectivity index (χ0v) is 18.9. The molecule has 0 spiro atoms. The van der Waals surface area contributed by atoms with Crippen molar-refractivity contribution in [3.8, 4) is 0 Å². The van der Waals surface area contributed by atoms with Crippen molar-refractivity contribution < 1.29 is 19.1 Å². The van der Waals surface area contributed by atoms with E-state index in [2.05, 4.69) is 20.8 Å². The fraction of sp³-hybridized carbons (Fsp3) is 0.920. The molecule has 164 valence electrons. The number of carbonyl (C=O) groups excluding carboxylic acids is 2. The zero-order valence-electron chi connectivity index (χ0n) is 18.9. The van der Waals surface area contributed by atoms with E-state index in [1.54, 1.807) is 0 Å². The summed E-state index contributed by atoms with van der Waals surface area (Å²) in [6.07, 6.45) is 12.6. The third-order valence-corrected chi connectivity index (χ3v) is 8.76. The summed E-state index contributed by atoms with van der Waals surface area (Å²) in [6, 6.07) is 0. The van der Waals surface area contributed by atoms with Gasteiger partial charge in [0.2, 0.25) is 0 Å². The summed E-state index contributed by atoms with van der Waals surface area (Å²) in [4.78, 5) is 24.8. The quantitative estimate of drug-likeness (QED) is 0.535. The van der Waals surface area contributed by atoms with Crippen LogP contribution in [0.5, 0.6) is 0 Å². The first kappa shape index (κ1) is 21.2. The third kappa shape index (κ3) is 4.37. The Morgan fingerprint density at radius 1 is 1.03 bits per heavy atom. The second-order valence-electron chi connectivity index (χ2n) is 11.5. The van der Waals surface area contributed by atoms with Gasteiger partial charge in [-0.05, 0) is 82.5 Å². The van der Waals surface area contributed by atoms with Gasteiger partial charge < -0.3 is 9.47 Å². The highest BCUT2D eigenvalue weighted by Gasteiger charge is 2.61. The number of esters is 2. The lowest BCUT2D eigenvalue weighted by molar-refractivity contribution is -0.219. The van der Waals surface area contributed by atoms with Crippen LogP contribution in [0.3, 0.4) is 0 Å². The Labute approximate surface area is 176 Å². The van der Waals surface area contributed by atoms with E-state index in [0.29, 0.717) is 36.0 Å². The van der Waals surface area contributed by atoms with Crippen molar-refractivity contribution in [1.29, 1.82) is 0 Å². The molecule has 0 aromatic heterocycles. The van der Waals surface area contributed by atoms with E-state index in [1.165, 1.54) is 51.9 Å². The van der Waals surface area contributed by atoms with Crippen LogP contribution in [0.25, 0.3) is 0 Å². The van der Waals surface area contributed by atoms with Gasteiger partial charge in [-0.3, -0.25) is 9.59 Å². The molecule has 6 unspecified atom stereocenters. The summed E-state index contributed by atoms with van der Waals surface area (Å²) in [5.74, 6) is 2.87. The maximum Gasteiger partial charge on any atom is 0.306 e. The van der Waals surface area contributed by atoms with Gasteiger partial charge in [0.05, 0.1) is 0 Å². The average molecular weight is 405 g/mol. The number of hydrogen-bond donors (Lipinski definition) is 0. The molecule has 5 aliphatic carbocycles. The van der Waals surface area contributed by atoms with Gasteiger partial charge in [0, 0.05) is 19.3 Å². The molecule has 0 aliphatic heterocycles. The minimum atomic E-state index is -0.401. The summed E-state index contributed by atoms with van der Waals surface area (Å²) in [6.45, 7) is 7.82. The van der Waals surface area contributed by atoms with Gasteiger partial charge in [-0.2, -0.15) is 0 Å². The van der Waals surface area contributed by atoms with Crippen LogP contribution in [-0.4, -0.2) is 23.1 Å². The molecule has 29 heavy (non-hydrogen) atoms. The molecule has 0 saturated heterocycles.